The van der Waals surface area contributed by atoms with E-state index in [0.717, 1.165) is 62.9 Å². The van der Waals surface area contributed by atoms with Crippen molar-refractivity contribution in [3.05, 3.63) is 46.1 Å². The topological polar surface area (TPSA) is 58.4 Å². The van der Waals surface area contributed by atoms with E-state index < -0.39 is 5.97 Å². The Morgan fingerprint density at radius 3 is 2.81 bits per heavy atom. The third-order valence-electron chi connectivity index (χ3n) is 6.03. The Hall–Kier alpha value is -2.34. The second-order valence-electron chi connectivity index (χ2n) is 7.66. The predicted molar refractivity (Wildman–Crippen MR) is 103 cm³/mol. The smallest absolute Gasteiger partial charge is 0.337 e. The summed E-state index contributed by atoms with van der Waals surface area (Å²) in [4.78, 5) is 19.1. The molecular weight excluding hydrogens is 394 g/mol. The van der Waals surface area contributed by atoms with Crippen molar-refractivity contribution in [1.82, 2.24) is 9.55 Å². The molecule has 6 heteroatoms. The third-order valence-corrected chi connectivity index (χ3v) is 6.49. The first-order valence-electron chi connectivity index (χ1n) is 8.89. The number of hydrogen-bond acceptors (Lipinski definition) is 3. The number of benzene rings is 1. The summed E-state index contributed by atoms with van der Waals surface area (Å²) >= 11 is 3.55. The van der Waals surface area contributed by atoms with E-state index >= 15 is 0 Å². The number of piperidine rings is 1. The molecule has 6 rings (SSSR count). The van der Waals surface area contributed by atoms with Crippen LogP contribution in [0.3, 0.4) is 0 Å². The molecule has 1 aliphatic carbocycles. The normalized spacial score (nSPS) is 22.4. The molecule has 5 nitrogen and oxygen atoms in total. The summed E-state index contributed by atoms with van der Waals surface area (Å²) in [6.45, 7) is 2.89. The maximum absolute atomic E-state index is 11.7. The van der Waals surface area contributed by atoms with E-state index in [0.29, 0.717) is 12.1 Å². The zero-order valence-electron chi connectivity index (χ0n) is 13.9. The summed E-state index contributed by atoms with van der Waals surface area (Å²) in [5, 5.41) is 10.3. The molecule has 2 aromatic heterocycles. The van der Waals surface area contributed by atoms with Crippen LogP contribution in [-0.4, -0.2) is 33.7 Å². The van der Waals surface area contributed by atoms with Crippen molar-refractivity contribution >= 4 is 38.6 Å². The van der Waals surface area contributed by atoms with Crippen LogP contribution >= 0.6 is 15.9 Å². The fourth-order valence-corrected chi connectivity index (χ4v) is 5.12. The minimum Gasteiger partial charge on any atom is -0.478 e. The quantitative estimate of drug-likeness (QED) is 0.543. The first-order chi connectivity index (χ1) is 12.6. The first-order valence-corrected chi connectivity index (χ1v) is 9.68. The number of aromatic nitrogens is 2. The number of halogens is 1. The van der Waals surface area contributed by atoms with E-state index in [9.17, 15) is 9.90 Å². The fraction of sp³-hybridized carbons (Fsp3) is 0.300. The molecule has 3 aliphatic rings. The van der Waals surface area contributed by atoms with Gasteiger partial charge in [-0.15, -0.1) is 0 Å². The van der Waals surface area contributed by atoms with Crippen LogP contribution in [0.2, 0.25) is 0 Å². The second-order valence-corrected chi connectivity index (χ2v) is 8.58. The lowest BCUT2D eigenvalue weighted by molar-refractivity contribution is 0.0699. The van der Waals surface area contributed by atoms with Gasteiger partial charge in [0.05, 0.1) is 16.8 Å². The highest BCUT2D eigenvalue weighted by Gasteiger charge is 2.45. The molecule has 1 saturated heterocycles. The van der Waals surface area contributed by atoms with E-state index in [2.05, 4.69) is 39.0 Å². The van der Waals surface area contributed by atoms with Crippen LogP contribution in [0.25, 0.3) is 22.2 Å². The molecular formula is C20H16BrN3O2. The van der Waals surface area contributed by atoms with Gasteiger partial charge < -0.3 is 14.6 Å². The van der Waals surface area contributed by atoms with Crippen LogP contribution in [0.4, 0.5) is 5.82 Å². The summed E-state index contributed by atoms with van der Waals surface area (Å²) in [6.07, 6.45) is 3.12. The number of rotatable bonds is 2. The number of anilines is 1. The Morgan fingerprint density at radius 2 is 2.04 bits per heavy atom. The van der Waals surface area contributed by atoms with Gasteiger partial charge in [0.1, 0.15) is 5.82 Å². The van der Waals surface area contributed by atoms with Crippen LogP contribution in [0.5, 0.6) is 0 Å². The van der Waals surface area contributed by atoms with Crippen molar-refractivity contribution in [3.8, 4) is 11.3 Å². The molecule has 0 spiro atoms. The molecule has 1 N–H and O–H groups in total. The monoisotopic (exact) mass is 409 g/mol. The fourth-order valence-electron chi connectivity index (χ4n) is 4.66. The van der Waals surface area contributed by atoms with E-state index in [1.54, 1.807) is 6.20 Å². The van der Waals surface area contributed by atoms with E-state index in [4.69, 9.17) is 4.98 Å². The number of carboxylic acid groups (broad SMARTS) is 1. The molecule has 0 radical (unpaired) electrons. The van der Waals surface area contributed by atoms with E-state index in [1.165, 1.54) is 6.42 Å². The summed E-state index contributed by atoms with van der Waals surface area (Å²) in [6, 6.07) is 8.21. The van der Waals surface area contributed by atoms with Gasteiger partial charge in [0, 0.05) is 41.3 Å². The first kappa shape index (κ1) is 14.8. The van der Waals surface area contributed by atoms with Crippen LogP contribution in [-0.2, 0) is 6.54 Å². The molecule has 130 valence electrons. The maximum Gasteiger partial charge on any atom is 0.337 e. The molecule has 2 aliphatic heterocycles. The lowest BCUT2D eigenvalue weighted by Crippen LogP contribution is -2.23. The lowest BCUT2D eigenvalue weighted by atomic mass is 9.99. The Labute approximate surface area is 158 Å². The van der Waals surface area contributed by atoms with Gasteiger partial charge in [0.15, 0.2) is 0 Å². The van der Waals surface area contributed by atoms with Crippen LogP contribution in [0.1, 0.15) is 22.3 Å². The van der Waals surface area contributed by atoms with Gasteiger partial charge in [-0.05, 0) is 42.0 Å². The van der Waals surface area contributed by atoms with Crippen molar-refractivity contribution in [1.29, 1.82) is 0 Å². The molecule has 0 bridgehead atoms. The van der Waals surface area contributed by atoms with Gasteiger partial charge in [-0.2, -0.15) is 0 Å². The molecule has 0 amide bonds. The van der Waals surface area contributed by atoms with E-state index in [-0.39, 0.29) is 0 Å². The summed E-state index contributed by atoms with van der Waals surface area (Å²) < 4.78 is 2.91. The number of nitrogens with zero attached hydrogens (tertiary/aromatic N) is 3. The summed E-state index contributed by atoms with van der Waals surface area (Å²) in [7, 11) is 0. The van der Waals surface area contributed by atoms with Gasteiger partial charge in [-0.1, -0.05) is 22.0 Å². The SMILES string of the molecule is O=C(O)c1cn2c3c(cc(Br)cc13)-c1nc(N3CC4CC4C3)ccc1C2. The Bertz CT molecular complexity index is 1110. The number of pyridine rings is 1. The predicted octanol–water partition coefficient (Wildman–Crippen LogP) is 3.98. The van der Waals surface area contributed by atoms with Gasteiger partial charge in [-0.3, -0.25) is 0 Å². The molecule has 4 heterocycles. The zero-order chi connectivity index (χ0) is 17.6. The highest BCUT2D eigenvalue weighted by atomic mass is 79.9. The zero-order valence-corrected chi connectivity index (χ0v) is 15.5. The Morgan fingerprint density at radius 1 is 1.23 bits per heavy atom. The maximum atomic E-state index is 11.7. The van der Waals surface area contributed by atoms with Crippen molar-refractivity contribution in [3.63, 3.8) is 0 Å². The van der Waals surface area contributed by atoms with Gasteiger partial charge in [-0.25, -0.2) is 9.78 Å². The minimum absolute atomic E-state index is 0.343. The van der Waals surface area contributed by atoms with Crippen LogP contribution < -0.4 is 4.90 Å². The van der Waals surface area contributed by atoms with Crippen molar-refractivity contribution in [2.24, 2.45) is 11.8 Å². The summed E-state index contributed by atoms with van der Waals surface area (Å²) in [5.74, 6) is 1.87. The molecule has 1 saturated carbocycles. The average Bonchev–Trinajstić information content (AvgIpc) is 3.06. The second kappa shape index (κ2) is 4.88. The lowest BCUT2D eigenvalue weighted by Gasteiger charge is -2.24. The molecule has 2 fully saturated rings. The Balaban J connectivity index is 1.56. The van der Waals surface area contributed by atoms with Gasteiger partial charge in [0.25, 0.3) is 0 Å². The third kappa shape index (κ3) is 1.96. The Kier molecular flexibility index (Phi) is 2.78. The van der Waals surface area contributed by atoms with Crippen molar-refractivity contribution in [2.45, 2.75) is 13.0 Å². The van der Waals surface area contributed by atoms with E-state index in [1.807, 2.05) is 10.6 Å². The van der Waals surface area contributed by atoms with Crippen molar-refractivity contribution < 1.29 is 9.90 Å². The molecule has 3 aromatic rings. The van der Waals surface area contributed by atoms with Crippen LogP contribution in [0.15, 0.2) is 34.9 Å². The number of carboxylic acids is 1. The molecule has 2 unspecified atom stereocenters. The molecule has 26 heavy (non-hydrogen) atoms. The summed E-state index contributed by atoms with van der Waals surface area (Å²) in [5.41, 5.74) is 4.44. The number of carbonyl (C=O) groups is 1. The van der Waals surface area contributed by atoms with Crippen molar-refractivity contribution in [2.75, 3.05) is 18.0 Å². The highest BCUT2D eigenvalue weighted by Crippen LogP contribution is 2.47. The number of fused-ring (bicyclic) bond motifs is 3. The largest absolute Gasteiger partial charge is 0.478 e. The van der Waals surface area contributed by atoms with Crippen LogP contribution in [0, 0.1) is 11.8 Å². The average molecular weight is 410 g/mol. The standard InChI is InChI=1S/C20H16BrN3O2/c21-13-4-14-16(20(25)26)9-24-6-10-1-2-17(23-7-11-3-12(11)8-23)22-18(10)15(5-13)19(14)24/h1-2,4-5,9,11-12H,3,6-8H2,(H,25,26). The number of hydrogen-bond donors (Lipinski definition) is 1. The molecule has 1 aromatic carbocycles. The number of aromatic carboxylic acids is 1. The highest BCUT2D eigenvalue weighted by molar-refractivity contribution is 9.10. The van der Waals surface area contributed by atoms with Gasteiger partial charge >= 0.3 is 5.97 Å². The van der Waals surface area contributed by atoms with Gasteiger partial charge in [0.2, 0.25) is 0 Å². The minimum atomic E-state index is -0.895. The molecule has 2 atom stereocenters.